The molecule has 2 N–H and O–H groups in total. The number of hydrogen-bond donors (Lipinski definition) is 2. The first-order valence-corrected chi connectivity index (χ1v) is 4.21. The molecule has 1 unspecified atom stereocenters. The van der Waals surface area contributed by atoms with Gasteiger partial charge in [-0.15, -0.1) is 0 Å². The van der Waals surface area contributed by atoms with Crippen molar-refractivity contribution in [2.45, 2.75) is 13.0 Å². The molecule has 1 aromatic carbocycles. The van der Waals surface area contributed by atoms with E-state index in [9.17, 15) is 10.2 Å². The normalized spacial score (nSPS) is 13.2. The first-order valence-electron chi connectivity index (χ1n) is 4.21. The van der Waals surface area contributed by atoms with E-state index in [4.69, 9.17) is 0 Å². The second kappa shape index (κ2) is 3.66. The maximum atomic E-state index is 9.52. The van der Waals surface area contributed by atoms with Gasteiger partial charge in [-0.3, -0.25) is 0 Å². The van der Waals surface area contributed by atoms with Crippen LogP contribution in [0.3, 0.4) is 0 Å². The number of nitrogens with zero attached hydrogens (tertiary/aromatic N) is 1. The van der Waals surface area contributed by atoms with E-state index in [0.717, 1.165) is 0 Å². The van der Waals surface area contributed by atoms with Gasteiger partial charge in [0.15, 0.2) is 0 Å². The van der Waals surface area contributed by atoms with E-state index < -0.39 is 0 Å². The van der Waals surface area contributed by atoms with Crippen molar-refractivity contribution in [2.75, 3.05) is 14.1 Å². The highest BCUT2D eigenvalue weighted by atomic mass is 16.3. The molecule has 0 aliphatic rings. The maximum Gasteiger partial charge on any atom is 0.124 e. The van der Waals surface area contributed by atoms with E-state index in [2.05, 4.69) is 0 Å². The molecule has 72 valence electrons. The number of aromatic hydroxyl groups is 2. The first-order chi connectivity index (χ1) is 6.04. The van der Waals surface area contributed by atoms with Crippen LogP contribution in [0.2, 0.25) is 0 Å². The summed E-state index contributed by atoms with van der Waals surface area (Å²) in [4.78, 5) is 1.93. The lowest BCUT2D eigenvalue weighted by Crippen LogP contribution is -2.16. The summed E-state index contributed by atoms with van der Waals surface area (Å²) in [7, 11) is 3.80. The summed E-state index contributed by atoms with van der Waals surface area (Å²) in [5, 5.41) is 19.0. The van der Waals surface area contributed by atoms with Crippen molar-refractivity contribution in [3.63, 3.8) is 0 Å². The van der Waals surface area contributed by atoms with Gasteiger partial charge in [0.1, 0.15) is 11.5 Å². The first kappa shape index (κ1) is 9.86. The van der Waals surface area contributed by atoms with E-state index in [0.29, 0.717) is 5.56 Å². The lowest BCUT2D eigenvalue weighted by atomic mass is 10.1. The number of hydrogen-bond acceptors (Lipinski definition) is 3. The third-order valence-corrected chi connectivity index (χ3v) is 2.25. The Bertz CT molecular complexity index is 277. The molecule has 3 nitrogen and oxygen atoms in total. The van der Waals surface area contributed by atoms with Gasteiger partial charge >= 0.3 is 0 Å². The molecule has 1 aromatic rings. The number of phenolic OH excluding ortho intramolecular Hbond substituents is 2. The summed E-state index contributed by atoms with van der Waals surface area (Å²) in [6, 6.07) is 4.78. The number of benzene rings is 1. The SMILES string of the molecule is CC(c1c(O)cccc1O)N(C)C. The summed E-state index contributed by atoms with van der Waals surface area (Å²) >= 11 is 0. The smallest absolute Gasteiger partial charge is 0.124 e. The van der Waals surface area contributed by atoms with Crippen molar-refractivity contribution in [3.8, 4) is 11.5 Å². The van der Waals surface area contributed by atoms with Crippen molar-refractivity contribution in [3.05, 3.63) is 23.8 Å². The quantitative estimate of drug-likeness (QED) is 0.730. The summed E-state index contributed by atoms with van der Waals surface area (Å²) in [6.07, 6.45) is 0. The van der Waals surface area contributed by atoms with Gasteiger partial charge in [0, 0.05) is 6.04 Å². The Labute approximate surface area is 78.2 Å². The zero-order chi connectivity index (χ0) is 10.0. The molecule has 13 heavy (non-hydrogen) atoms. The van der Waals surface area contributed by atoms with E-state index in [-0.39, 0.29) is 17.5 Å². The van der Waals surface area contributed by atoms with Gasteiger partial charge < -0.3 is 15.1 Å². The molecular formula is C10H15NO2. The Balaban J connectivity index is 3.12. The lowest BCUT2D eigenvalue weighted by Gasteiger charge is -2.21. The highest BCUT2D eigenvalue weighted by Gasteiger charge is 2.15. The maximum absolute atomic E-state index is 9.52. The van der Waals surface area contributed by atoms with Crippen LogP contribution >= 0.6 is 0 Å². The molecule has 0 spiro atoms. The lowest BCUT2D eigenvalue weighted by molar-refractivity contribution is 0.301. The summed E-state index contributed by atoms with van der Waals surface area (Å²) in [5.41, 5.74) is 0.576. The van der Waals surface area contributed by atoms with Crippen LogP contribution in [0.25, 0.3) is 0 Å². The third-order valence-electron chi connectivity index (χ3n) is 2.25. The van der Waals surface area contributed by atoms with Crippen LogP contribution in [0.15, 0.2) is 18.2 Å². The van der Waals surface area contributed by atoms with Gasteiger partial charge in [-0.25, -0.2) is 0 Å². The van der Waals surface area contributed by atoms with E-state index in [1.165, 1.54) is 0 Å². The van der Waals surface area contributed by atoms with Crippen LogP contribution < -0.4 is 0 Å². The zero-order valence-corrected chi connectivity index (χ0v) is 8.15. The van der Waals surface area contributed by atoms with Gasteiger partial charge in [-0.05, 0) is 33.2 Å². The van der Waals surface area contributed by atoms with Gasteiger partial charge in [0.2, 0.25) is 0 Å². The highest BCUT2D eigenvalue weighted by Crippen LogP contribution is 2.34. The Kier molecular flexibility index (Phi) is 2.78. The predicted octanol–water partition coefficient (Wildman–Crippen LogP) is 1.72. The predicted molar refractivity (Wildman–Crippen MR) is 51.9 cm³/mol. The summed E-state index contributed by atoms with van der Waals surface area (Å²) in [6.45, 7) is 1.93. The molecule has 0 bridgehead atoms. The van der Waals surface area contributed by atoms with Crippen LogP contribution in [0, 0.1) is 0 Å². The Morgan fingerprint density at radius 1 is 1.15 bits per heavy atom. The summed E-state index contributed by atoms with van der Waals surface area (Å²) in [5.74, 6) is 0.280. The average molecular weight is 181 g/mol. The van der Waals surface area contributed by atoms with Crippen LogP contribution in [-0.2, 0) is 0 Å². The Morgan fingerprint density at radius 2 is 1.62 bits per heavy atom. The van der Waals surface area contributed by atoms with E-state index in [1.54, 1.807) is 18.2 Å². The number of phenols is 2. The van der Waals surface area contributed by atoms with Gasteiger partial charge in [0.25, 0.3) is 0 Å². The second-order valence-corrected chi connectivity index (χ2v) is 3.35. The standard InChI is InChI=1S/C10H15NO2/c1-7(11(2)3)10-8(12)5-4-6-9(10)13/h4-7,12-13H,1-3H3. The fraction of sp³-hybridized carbons (Fsp3) is 0.400. The minimum Gasteiger partial charge on any atom is -0.507 e. The minimum atomic E-state index is 0.00111. The molecule has 0 heterocycles. The van der Waals surface area contributed by atoms with Gasteiger partial charge in [-0.2, -0.15) is 0 Å². The molecule has 0 fully saturated rings. The van der Waals surface area contributed by atoms with Crippen molar-refractivity contribution in [1.29, 1.82) is 0 Å². The molecule has 0 saturated carbocycles. The minimum absolute atomic E-state index is 0.00111. The van der Waals surface area contributed by atoms with Gasteiger partial charge in [0.05, 0.1) is 5.56 Å². The molecule has 0 aliphatic carbocycles. The fourth-order valence-corrected chi connectivity index (χ4v) is 1.23. The summed E-state index contributed by atoms with van der Waals surface area (Å²) < 4.78 is 0. The van der Waals surface area contributed by atoms with Crippen LogP contribution in [0.1, 0.15) is 18.5 Å². The molecule has 0 aliphatic heterocycles. The van der Waals surface area contributed by atoms with Crippen molar-refractivity contribution >= 4 is 0 Å². The second-order valence-electron chi connectivity index (χ2n) is 3.35. The van der Waals surface area contributed by atoms with Crippen molar-refractivity contribution in [1.82, 2.24) is 4.90 Å². The molecule has 0 aromatic heterocycles. The average Bonchev–Trinajstić information content (AvgIpc) is 2.03. The monoisotopic (exact) mass is 181 g/mol. The molecule has 0 saturated heterocycles. The van der Waals surface area contributed by atoms with E-state index in [1.807, 2.05) is 25.9 Å². The number of rotatable bonds is 2. The molecule has 1 rings (SSSR count). The van der Waals surface area contributed by atoms with E-state index >= 15 is 0 Å². The van der Waals surface area contributed by atoms with Crippen molar-refractivity contribution in [2.24, 2.45) is 0 Å². The highest BCUT2D eigenvalue weighted by molar-refractivity contribution is 5.44. The van der Waals surface area contributed by atoms with Crippen LogP contribution in [0.4, 0.5) is 0 Å². The molecule has 0 amide bonds. The van der Waals surface area contributed by atoms with Crippen LogP contribution in [0.5, 0.6) is 11.5 Å². The Hall–Kier alpha value is -1.22. The fourth-order valence-electron chi connectivity index (χ4n) is 1.23. The molecule has 3 heteroatoms. The Morgan fingerprint density at radius 3 is 2.00 bits per heavy atom. The largest absolute Gasteiger partial charge is 0.507 e. The van der Waals surface area contributed by atoms with Crippen LogP contribution in [-0.4, -0.2) is 29.2 Å². The van der Waals surface area contributed by atoms with Crippen molar-refractivity contribution < 1.29 is 10.2 Å². The molecule has 1 atom stereocenters. The topological polar surface area (TPSA) is 43.7 Å². The molecule has 0 radical (unpaired) electrons. The van der Waals surface area contributed by atoms with Gasteiger partial charge in [-0.1, -0.05) is 6.07 Å². The third kappa shape index (κ3) is 1.92. The molecular weight excluding hydrogens is 166 g/mol. The zero-order valence-electron chi connectivity index (χ0n) is 8.15.